The van der Waals surface area contributed by atoms with Crippen molar-refractivity contribution < 1.29 is 4.74 Å². The van der Waals surface area contributed by atoms with E-state index in [4.69, 9.17) is 4.74 Å². The highest BCUT2D eigenvalue weighted by molar-refractivity contribution is 5.43. The van der Waals surface area contributed by atoms with Crippen molar-refractivity contribution in [1.82, 2.24) is 5.32 Å². The molecular formula is C16H25NO. The monoisotopic (exact) mass is 247 g/mol. The molecule has 1 heterocycles. The third-order valence-electron chi connectivity index (χ3n) is 3.50. The number of benzene rings is 1. The maximum atomic E-state index is 5.86. The number of fused-ring (bicyclic) bond motifs is 1. The van der Waals surface area contributed by atoms with Gasteiger partial charge in [0, 0.05) is 0 Å². The number of ether oxygens (including phenoxy) is 1. The summed E-state index contributed by atoms with van der Waals surface area (Å²) in [4.78, 5) is 0. The van der Waals surface area contributed by atoms with Crippen molar-refractivity contribution in [2.24, 2.45) is 5.92 Å². The standard InChI is InChI=1S/C16H25NO/c1-3-9-17-12-13(2)11-15-7-4-6-14-8-5-10-18-16(14)15/h4,6-7,13,17H,3,5,8-12H2,1-2H3. The summed E-state index contributed by atoms with van der Waals surface area (Å²) in [5, 5.41) is 3.49. The molecule has 2 rings (SSSR count). The molecule has 0 fully saturated rings. The van der Waals surface area contributed by atoms with Gasteiger partial charge in [0.05, 0.1) is 6.61 Å². The van der Waals surface area contributed by atoms with Crippen LogP contribution in [0.1, 0.15) is 37.8 Å². The van der Waals surface area contributed by atoms with E-state index in [-0.39, 0.29) is 0 Å². The predicted molar refractivity (Wildman–Crippen MR) is 76.3 cm³/mol. The first kappa shape index (κ1) is 13.4. The lowest BCUT2D eigenvalue weighted by Crippen LogP contribution is -2.23. The minimum Gasteiger partial charge on any atom is -0.493 e. The first-order chi connectivity index (χ1) is 8.81. The van der Waals surface area contributed by atoms with E-state index in [1.807, 2.05) is 0 Å². The average Bonchev–Trinajstić information content (AvgIpc) is 2.39. The molecule has 18 heavy (non-hydrogen) atoms. The van der Waals surface area contributed by atoms with Crippen molar-refractivity contribution >= 4 is 0 Å². The molecule has 1 aromatic rings. The van der Waals surface area contributed by atoms with Gasteiger partial charge in [0.25, 0.3) is 0 Å². The second-order valence-electron chi connectivity index (χ2n) is 5.37. The first-order valence-electron chi connectivity index (χ1n) is 7.25. The number of nitrogens with one attached hydrogen (secondary N) is 1. The van der Waals surface area contributed by atoms with Crippen LogP contribution in [0.4, 0.5) is 0 Å². The fourth-order valence-corrected chi connectivity index (χ4v) is 2.59. The van der Waals surface area contributed by atoms with E-state index in [1.165, 1.54) is 29.7 Å². The topological polar surface area (TPSA) is 21.3 Å². The predicted octanol–water partition coefficient (Wildman–Crippen LogP) is 3.19. The fourth-order valence-electron chi connectivity index (χ4n) is 2.59. The maximum Gasteiger partial charge on any atom is 0.125 e. The van der Waals surface area contributed by atoms with Gasteiger partial charge >= 0.3 is 0 Å². The van der Waals surface area contributed by atoms with Crippen LogP contribution >= 0.6 is 0 Å². The van der Waals surface area contributed by atoms with Crippen molar-refractivity contribution in [1.29, 1.82) is 0 Å². The van der Waals surface area contributed by atoms with Crippen LogP contribution in [0.3, 0.4) is 0 Å². The maximum absolute atomic E-state index is 5.86. The molecule has 1 N–H and O–H groups in total. The molecule has 2 nitrogen and oxygen atoms in total. The molecule has 0 saturated heterocycles. The van der Waals surface area contributed by atoms with Gasteiger partial charge in [-0.25, -0.2) is 0 Å². The zero-order chi connectivity index (χ0) is 12.8. The Morgan fingerprint density at radius 3 is 3.11 bits per heavy atom. The number of rotatable bonds is 6. The third-order valence-corrected chi connectivity index (χ3v) is 3.50. The summed E-state index contributed by atoms with van der Waals surface area (Å²) in [6.45, 7) is 7.61. The molecule has 0 aromatic heterocycles. The third kappa shape index (κ3) is 3.49. The van der Waals surface area contributed by atoms with Gasteiger partial charge in [0.2, 0.25) is 0 Å². The van der Waals surface area contributed by atoms with E-state index < -0.39 is 0 Å². The lowest BCUT2D eigenvalue weighted by atomic mass is 9.95. The summed E-state index contributed by atoms with van der Waals surface area (Å²) in [5.74, 6) is 1.83. The molecule has 2 heteroatoms. The zero-order valence-corrected chi connectivity index (χ0v) is 11.7. The highest BCUT2D eigenvalue weighted by Gasteiger charge is 2.15. The Morgan fingerprint density at radius 2 is 2.28 bits per heavy atom. The largest absolute Gasteiger partial charge is 0.493 e. The lowest BCUT2D eigenvalue weighted by molar-refractivity contribution is 0.283. The van der Waals surface area contributed by atoms with Crippen molar-refractivity contribution in [3.63, 3.8) is 0 Å². The second kappa shape index (κ2) is 6.79. The van der Waals surface area contributed by atoms with Crippen molar-refractivity contribution in [2.75, 3.05) is 19.7 Å². The van der Waals surface area contributed by atoms with Crippen LogP contribution in [0.15, 0.2) is 18.2 Å². The molecule has 0 aliphatic carbocycles. The van der Waals surface area contributed by atoms with Gasteiger partial charge in [-0.2, -0.15) is 0 Å². The molecular weight excluding hydrogens is 222 g/mol. The summed E-state index contributed by atoms with van der Waals surface area (Å²) in [6, 6.07) is 6.60. The Labute approximate surface area is 111 Å². The summed E-state index contributed by atoms with van der Waals surface area (Å²) >= 11 is 0. The molecule has 1 unspecified atom stereocenters. The molecule has 0 amide bonds. The molecule has 0 spiro atoms. The quantitative estimate of drug-likeness (QED) is 0.780. The highest BCUT2D eigenvalue weighted by Crippen LogP contribution is 2.30. The Morgan fingerprint density at radius 1 is 1.39 bits per heavy atom. The Hall–Kier alpha value is -1.02. The first-order valence-corrected chi connectivity index (χ1v) is 7.25. The van der Waals surface area contributed by atoms with Gasteiger partial charge in [0.15, 0.2) is 0 Å². The van der Waals surface area contributed by atoms with E-state index in [0.29, 0.717) is 5.92 Å². The van der Waals surface area contributed by atoms with Crippen LogP contribution in [0, 0.1) is 5.92 Å². The number of aryl methyl sites for hydroxylation is 1. The number of para-hydroxylation sites is 1. The van der Waals surface area contributed by atoms with Crippen LogP contribution in [-0.4, -0.2) is 19.7 Å². The second-order valence-corrected chi connectivity index (χ2v) is 5.37. The smallest absolute Gasteiger partial charge is 0.125 e. The molecule has 1 atom stereocenters. The summed E-state index contributed by atoms with van der Waals surface area (Å²) in [7, 11) is 0. The van der Waals surface area contributed by atoms with E-state index in [9.17, 15) is 0 Å². The molecule has 100 valence electrons. The zero-order valence-electron chi connectivity index (χ0n) is 11.7. The van der Waals surface area contributed by atoms with E-state index >= 15 is 0 Å². The van der Waals surface area contributed by atoms with Crippen molar-refractivity contribution in [3.8, 4) is 5.75 Å². The van der Waals surface area contributed by atoms with Crippen LogP contribution in [0.5, 0.6) is 5.75 Å². The minimum atomic E-state index is 0.661. The fraction of sp³-hybridized carbons (Fsp3) is 0.625. The molecule has 1 aromatic carbocycles. The Balaban J connectivity index is 1.96. The van der Waals surface area contributed by atoms with Gasteiger partial charge in [-0.05, 0) is 55.8 Å². The van der Waals surface area contributed by atoms with Crippen LogP contribution < -0.4 is 10.1 Å². The highest BCUT2D eigenvalue weighted by atomic mass is 16.5. The van der Waals surface area contributed by atoms with Gasteiger partial charge in [-0.3, -0.25) is 0 Å². The van der Waals surface area contributed by atoms with Crippen molar-refractivity contribution in [3.05, 3.63) is 29.3 Å². The van der Waals surface area contributed by atoms with E-state index in [0.717, 1.165) is 32.5 Å². The van der Waals surface area contributed by atoms with Gasteiger partial charge in [-0.15, -0.1) is 0 Å². The molecule has 0 saturated carbocycles. The summed E-state index contributed by atoms with van der Waals surface area (Å²) in [5.41, 5.74) is 2.78. The average molecular weight is 247 g/mol. The van der Waals surface area contributed by atoms with E-state index in [1.54, 1.807) is 0 Å². The van der Waals surface area contributed by atoms with Gasteiger partial charge in [0.1, 0.15) is 5.75 Å². The van der Waals surface area contributed by atoms with E-state index in [2.05, 4.69) is 37.4 Å². The minimum absolute atomic E-state index is 0.661. The molecule has 1 aliphatic rings. The number of hydrogen-bond donors (Lipinski definition) is 1. The van der Waals surface area contributed by atoms with Gasteiger partial charge in [-0.1, -0.05) is 32.0 Å². The summed E-state index contributed by atoms with van der Waals surface area (Å²) < 4.78 is 5.86. The normalized spacial score (nSPS) is 15.9. The van der Waals surface area contributed by atoms with Crippen LogP contribution in [0.2, 0.25) is 0 Å². The van der Waals surface area contributed by atoms with Crippen LogP contribution in [-0.2, 0) is 12.8 Å². The van der Waals surface area contributed by atoms with Gasteiger partial charge < -0.3 is 10.1 Å². The Kier molecular flexibility index (Phi) is 5.06. The lowest BCUT2D eigenvalue weighted by Gasteiger charge is -2.22. The molecule has 0 radical (unpaired) electrons. The van der Waals surface area contributed by atoms with Crippen molar-refractivity contribution in [2.45, 2.75) is 39.5 Å². The Bertz CT molecular complexity index is 375. The van der Waals surface area contributed by atoms with Crippen LogP contribution in [0.25, 0.3) is 0 Å². The molecule has 1 aliphatic heterocycles. The SMILES string of the molecule is CCCNCC(C)Cc1cccc2c1OCCC2. The summed E-state index contributed by atoms with van der Waals surface area (Å²) in [6.07, 6.45) is 4.64. The molecule has 0 bridgehead atoms. The number of hydrogen-bond acceptors (Lipinski definition) is 2.